The van der Waals surface area contributed by atoms with Crippen molar-refractivity contribution in [2.75, 3.05) is 5.73 Å². The average Bonchev–Trinajstić information content (AvgIpc) is 2.41. The minimum atomic E-state index is -0.634. The summed E-state index contributed by atoms with van der Waals surface area (Å²) in [5, 5.41) is 0. The molecule has 0 unspecified atom stereocenters. The standard InChI is InChI=1S/C14H12BrFN2O2/c15-12-8(3-1-5-10(12)16)7-20-13-9(14(18)19)4-2-6-11(13)17/h1-6H,7,17H2,(H2,18,19). The Morgan fingerprint density at radius 2 is 1.95 bits per heavy atom. The van der Waals surface area contributed by atoms with E-state index in [0.717, 1.165) is 0 Å². The number of amides is 1. The molecule has 2 aromatic rings. The summed E-state index contributed by atoms with van der Waals surface area (Å²) in [7, 11) is 0. The van der Waals surface area contributed by atoms with Gasteiger partial charge >= 0.3 is 0 Å². The second-order valence-electron chi connectivity index (χ2n) is 4.09. The van der Waals surface area contributed by atoms with Crippen molar-refractivity contribution in [3.63, 3.8) is 0 Å². The SMILES string of the molecule is NC(=O)c1cccc(N)c1OCc1cccc(F)c1Br. The van der Waals surface area contributed by atoms with Crippen molar-refractivity contribution in [2.24, 2.45) is 5.73 Å². The Labute approximate surface area is 123 Å². The van der Waals surface area contributed by atoms with Gasteiger partial charge in [0.05, 0.1) is 15.7 Å². The van der Waals surface area contributed by atoms with Gasteiger partial charge in [-0.15, -0.1) is 0 Å². The number of para-hydroxylation sites is 1. The summed E-state index contributed by atoms with van der Waals surface area (Å²) in [4.78, 5) is 11.3. The molecule has 0 aliphatic heterocycles. The molecule has 0 heterocycles. The summed E-state index contributed by atoms with van der Waals surface area (Å²) in [6.07, 6.45) is 0. The summed E-state index contributed by atoms with van der Waals surface area (Å²) in [6, 6.07) is 9.34. The lowest BCUT2D eigenvalue weighted by Crippen LogP contribution is -2.14. The lowest BCUT2D eigenvalue weighted by Gasteiger charge is -2.13. The van der Waals surface area contributed by atoms with Gasteiger partial charge in [0, 0.05) is 5.56 Å². The molecular formula is C14H12BrFN2O2. The molecule has 0 aliphatic carbocycles. The highest BCUT2D eigenvalue weighted by Crippen LogP contribution is 2.28. The first-order valence-electron chi connectivity index (χ1n) is 5.74. The minimum absolute atomic E-state index is 0.0623. The normalized spacial score (nSPS) is 10.3. The number of primary amides is 1. The van der Waals surface area contributed by atoms with E-state index >= 15 is 0 Å². The highest BCUT2D eigenvalue weighted by atomic mass is 79.9. The van der Waals surface area contributed by atoms with Gasteiger partial charge in [-0.25, -0.2) is 4.39 Å². The highest BCUT2D eigenvalue weighted by Gasteiger charge is 2.13. The number of rotatable bonds is 4. The van der Waals surface area contributed by atoms with Crippen molar-refractivity contribution < 1.29 is 13.9 Å². The fourth-order valence-corrected chi connectivity index (χ4v) is 2.10. The third-order valence-corrected chi connectivity index (χ3v) is 3.60. The molecule has 0 saturated heterocycles. The second kappa shape index (κ2) is 5.92. The lowest BCUT2D eigenvalue weighted by molar-refractivity contribution is 0.0996. The molecule has 0 radical (unpaired) electrons. The van der Waals surface area contributed by atoms with Crippen molar-refractivity contribution in [3.05, 3.63) is 57.8 Å². The van der Waals surface area contributed by atoms with Crippen molar-refractivity contribution >= 4 is 27.5 Å². The number of nitrogens with two attached hydrogens (primary N) is 2. The zero-order valence-corrected chi connectivity index (χ0v) is 12.0. The Morgan fingerprint density at radius 3 is 2.65 bits per heavy atom. The number of benzene rings is 2. The van der Waals surface area contributed by atoms with E-state index in [1.54, 1.807) is 24.3 Å². The van der Waals surface area contributed by atoms with Crippen molar-refractivity contribution in [1.82, 2.24) is 0 Å². The largest absolute Gasteiger partial charge is 0.486 e. The van der Waals surface area contributed by atoms with Crippen molar-refractivity contribution in [1.29, 1.82) is 0 Å². The van der Waals surface area contributed by atoms with Gasteiger partial charge in [0.15, 0.2) is 5.75 Å². The maximum Gasteiger partial charge on any atom is 0.252 e. The summed E-state index contributed by atoms with van der Waals surface area (Å²) < 4.78 is 19.2. The summed E-state index contributed by atoms with van der Waals surface area (Å²) >= 11 is 3.14. The van der Waals surface area contributed by atoms with Gasteiger partial charge in [0.1, 0.15) is 12.4 Å². The third-order valence-electron chi connectivity index (χ3n) is 2.71. The van der Waals surface area contributed by atoms with Crippen LogP contribution in [0.15, 0.2) is 40.9 Å². The Bertz CT molecular complexity index is 662. The molecule has 2 aromatic carbocycles. The first kappa shape index (κ1) is 14.3. The van der Waals surface area contributed by atoms with Crippen LogP contribution in [0, 0.1) is 5.82 Å². The topological polar surface area (TPSA) is 78.3 Å². The number of carbonyl (C=O) groups excluding carboxylic acids is 1. The highest BCUT2D eigenvalue weighted by molar-refractivity contribution is 9.10. The Hall–Kier alpha value is -2.08. The molecule has 4 N–H and O–H groups in total. The van der Waals surface area contributed by atoms with E-state index < -0.39 is 5.91 Å². The number of anilines is 1. The smallest absolute Gasteiger partial charge is 0.252 e. The van der Waals surface area contributed by atoms with E-state index in [1.807, 2.05) is 0 Å². The minimum Gasteiger partial charge on any atom is -0.486 e. The number of halogens is 2. The first-order chi connectivity index (χ1) is 9.50. The quantitative estimate of drug-likeness (QED) is 0.841. The average molecular weight is 339 g/mol. The molecule has 6 heteroatoms. The van der Waals surface area contributed by atoms with Gasteiger partial charge in [-0.2, -0.15) is 0 Å². The van der Waals surface area contributed by atoms with Crippen LogP contribution in [0.4, 0.5) is 10.1 Å². The van der Waals surface area contributed by atoms with Crippen molar-refractivity contribution in [3.8, 4) is 5.75 Å². The molecule has 0 atom stereocenters. The van der Waals surface area contributed by atoms with Crippen LogP contribution in [0.25, 0.3) is 0 Å². The second-order valence-corrected chi connectivity index (χ2v) is 4.88. The Kier molecular flexibility index (Phi) is 4.24. The van der Waals surface area contributed by atoms with E-state index in [2.05, 4.69) is 15.9 Å². The third kappa shape index (κ3) is 2.91. The molecule has 1 amide bonds. The molecule has 4 nitrogen and oxygen atoms in total. The van der Waals surface area contributed by atoms with Crippen LogP contribution in [0.5, 0.6) is 5.75 Å². The van der Waals surface area contributed by atoms with E-state index in [9.17, 15) is 9.18 Å². The monoisotopic (exact) mass is 338 g/mol. The van der Waals surface area contributed by atoms with Gasteiger partial charge < -0.3 is 16.2 Å². The van der Waals surface area contributed by atoms with Crippen LogP contribution < -0.4 is 16.2 Å². The van der Waals surface area contributed by atoms with Gasteiger partial charge in [0.2, 0.25) is 0 Å². The number of hydrogen-bond acceptors (Lipinski definition) is 3. The molecule has 0 fully saturated rings. The predicted octanol–water partition coefficient (Wildman–Crippen LogP) is 2.85. The maximum absolute atomic E-state index is 13.4. The van der Waals surface area contributed by atoms with Crippen LogP contribution in [0.3, 0.4) is 0 Å². The molecule has 0 saturated carbocycles. The van der Waals surface area contributed by atoms with E-state index in [4.69, 9.17) is 16.2 Å². The van der Waals surface area contributed by atoms with Crippen LogP contribution in [0.2, 0.25) is 0 Å². The molecule has 104 valence electrons. The molecule has 0 aromatic heterocycles. The maximum atomic E-state index is 13.4. The van der Waals surface area contributed by atoms with E-state index in [0.29, 0.717) is 15.7 Å². The van der Waals surface area contributed by atoms with E-state index in [-0.39, 0.29) is 23.7 Å². The molecule has 0 aliphatic rings. The van der Waals surface area contributed by atoms with Crippen LogP contribution in [-0.4, -0.2) is 5.91 Å². The molecule has 0 bridgehead atoms. The molecule has 2 rings (SSSR count). The Balaban J connectivity index is 2.27. The van der Waals surface area contributed by atoms with E-state index in [1.165, 1.54) is 12.1 Å². The van der Waals surface area contributed by atoms with Crippen LogP contribution in [0.1, 0.15) is 15.9 Å². The summed E-state index contributed by atoms with van der Waals surface area (Å²) in [5.41, 5.74) is 12.1. The molecular weight excluding hydrogens is 327 g/mol. The number of nitrogen functional groups attached to an aromatic ring is 1. The van der Waals surface area contributed by atoms with Gasteiger partial charge in [-0.05, 0) is 34.1 Å². The summed E-state index contributed by atoms with van der Waals surface area (Å²) in [6.45, 7) is 0.0623. The van der Waals surface area contributed by atoms with Crippen LogP contribution >= 0.6 is 15.9 Å². The fourth-order valence-electron chi connectivity index (χ4n) is 1.72. The zero-order valence-electron chi connectivity index (χ0n) is 10.4. The Morgan fingerprint density at radius 1 is 1.25 bits per heavy atom. The van der Waals surface area contributed by atoms with Gasteiger partial charge in [-0.1, -0.05) is 18.2 Å². The van der Waals surface area contributed by atoms with Crippen molar-refractivity contribution in [2.45, 2.75) is 6.61 Å². The van der Waals surface area contributed by atoms with Gasteiger partial charge in [-0.3, -0.25) is 4.79 Å². The van der Waals surface area contributed by atoms with Gasteiger partial charge in [0.25, 0.3) is 5.91 Å². The number of carbonyl (C=O) groups is 1. The lowest BCUT2D eigenvalue weighted by atomic mass is 10.1. The number of hydrogen-bond donors (Lipinski definition) is 2. The molecule has 0 spiro atoms. The summed E-state index contributed by atoms with van der Waals surface area (Å²) in [5.74, 6) is -0.816. The first-order valence-corrected chi connectivity index (χ1v) is 6.54. The predicted molar refractivity (Wildman–Crippen MR) is 77.8 cm³/mol. The number of ether oxygens (including phenoxy) is 1. The van der Waals surface area contributed by atoms with Crippen LogP contribution in [-0.2, 0) is 6.61 Å². The zero-order chi connectivity index (χ0) is 14.7. The molecule has 20 heavy (non-hydrogen) atoms. The fraction of sp³-hybridized carbons (Fsp3) is 0.0714.